The Balaban J connectivity index is 3.07. The van der Waals surface area contributed by atoms with Gasteiger partial charge in [0.2, 0.25) is 0 Å². The Labute approximate surface area is 73.4 Å². The molecule has 11 heavy (non-hydrogen) atoms. The Bertz CT molecular complexity index is 104. The molecule has 0 saturated heterocycles. The molecule has 0 rings (SSSR count). The molecule has 0 saturated carbocycles. The Hall–Kier alpha value is 0.01000. The van der Waals surface area contributed by atoms with Crippen LogP contribution in [0.4, 0.5) is 0 Å². The molecule has 2 nitrogen and oxygen atoms in total. The minimum atomic E-state index is 0.631. The first-order chi connectivity index (χ1) is 5.31. The molecule has 0 bridgehead atoms. The molecule has 0 radical (unpaired) electrons. The van der Waals surface area contributed by atoms with Crippen LogP contribution in [0, 0.1) is 5.92 Å². The smallest absolute Gasteiger partial charge is 0.0113 e. The molecule has 0 fully saturated rings. The monoisotopic (exact) mass is 174 g/mol. The molecule has 0 aromatic carbocycles. The first-order valence-corrected chi connectivity index (χ1v) is 5.09. The lowest BCUT2D eigenvalue weighted by molar-refractivity contribution is 0.676. The minimum absolute atomic E-state index is 0.631. The van der Waals surface area contributed by atoms with Crippen molar-refractivity contribution in [1.82, 2.24) is 0 Å². The Morgan fingerprint density at radius 3 is 2.64 bits per heavy atom. The molecular weight excluding hydrogens is 156 g/mol. The zero-order valence-electron chi connectivity index (χ0n) is 7.12. The van der Waals surface area contributed by atoms with E-state index in [1.54, 1.807) is 0 Å². The van der Waals surface area contributed by atoms with Gasteiger partial charge < -0.3 is 11.5 Å². The average molecular weight is 174 g/mol. The lowest BCUT2D eigenvalue weighted by Crippen LogP contribution is -2.12. The highest BCUT2D eigenvalue weighted by Crippen LogP contribution is 2.06. The van der Waals surface area contributed by atoms with E-state index in [9.17, 15) is 0 Å². The summed E-state index contributed by atoms with van der Waals surface area (Å²) in [7, 11) is 0. The van der Waals surface area contributed by atoms with Crippen LogP contribution >= 0.6 is 11.8 Å². The van der Waals surface area contributed by atoms with Gasteiger partial charge >= 0.3 is 0 Å². The zero-order chi connectivity index (χ0) is 8.53. The number of thioether (sulfide) groups is 1. The first kappa shape index (κ1) is 11.0. The van der Waals surface area contributed by atoms with Gasteiger partial charge in [0.25, 0.3) is 0 Å². The Morgan fingerprint density at radius 1 is 1.36 bits per heavy atom. The topological polar surface area (TPSA) is 52.0 Å². The van der Waals surface area contributed by atoms with E-state index in [1.807, 2.05) is 17.8 Å². The second-order valence-corrected chi connectivity index (χ2v) is 3.66. The molecule has 1 atom stereocenters. The third kappa shape index (κ3) is 7.91. The van der Waals surface area contributed by atoms with Crippen LogP contribution in [0.25, 0.3) is 0 Å². The Kier molecular flexibility index (Phi) is 8.12. The molecule has 3 heteroatoms. The van der Waals surface area contributed by atoms with E-state index >= 15 is 0 Å². The summed E-state index contributed by atoms with van der Waals surface area (Å²) in [5.74, 6) is 2.83. The number of nitrogens with two attached hydrogens (primary N) is 2. The average Bonchev–Trinajstić information content (AvgIpc) is 2.04. The highest BCUT2D eigenvalue weighted by atomic mass is 32.2. The molecule has 1 unspecified atom stereocenters. The van der Waals surface area contributed by atoms with Crippen molar-refractivity contribution in [3.63, 3.8) is 0 Å². The largest absolute Gasteiger partial charge is 0.330 e. The van der Waals surface area contributed by atoms with E-state index in [0.29, 0.717) is 12.5 Å². The fourth-order valence-corrected chi connectivity index (χ4v) is 1.52. The summed E-state index contributed by atoms with van der Waals surface area (Å²) in [4.78, 5) is 0. The number of hydrogen-bond donors (Lipinski definition) is 2. The standard InChI is InChI=1S/C8H18N2S/c1-8(6-10)7-11-5-3-2-4-9/h2-3,8H,4-7,9-10H2,1H3. The maximum Gasteiger partial charge on any atom is 0.0113 e. The van der Waals surface area contributed by atoms with Crippen molar-refractivity contribution in [2.75, 3.05) is 24.6 Å². The summed E-state index contributed by atoms with van der Waals surface area (Å²) in [6, 6.07) is 0. The summed E-state index contributed by atoms with van der Waals surface area (Å²) in [6.45, 7) is 3.60. The molecule has 0 aliphatic heterocycles. The predicted octanol–water partition coefficient (Wildman–Crippen LogP) is 0.829. The molecule has 0 amide bonds. The molecule has 0 aliphatic rings. The normalized spacial score (nSPS) is 14.1. The Morgan fingerprint density at radius 2 is 2.09 bits per heavy atom. The second kappa shape index (κ2) is 8.11. The van der Waals surface area contributed by atoms with Gasteiger partial charge in [0.15, 0.2) is 0 Å². The van der Waals surface area contributed by atoms with Gasteiger partial charge in [0.1, 0.15) is 0 Å². The molecule has 0 aromatic heterocycles. The van der Waals surface area contributed by atoms with E-state index in [4.69, 9.17) is 11.5 Å². The lowest BCUT2D eigenvalue weighted by atomic mass is 10.2. The van der Waals surface area contributed by atoms with Crippen molar-refractivity contribution in [3.8, 4) is 0 Å². The third-order valence-corrected chi connectivity index (χ3v) is 2.55. The van der Waals surface area contributed by atoms with Gasteiger partial charge in [-0.05, 0) is 18.2 Å². The van der Waals surface area contributed by atoms with Gasteiger partial charge in [0.05, 0.1) is 0 Å². The molecular formula is C8H18N2S. The van der Waals surface area contributed by atoms with Crippen LogP contribution in [0.3, 0.4) is 0 Å². The lowest BCUT2D eigenvalue weighted by Gasteiger charge is -2.04. The van der Waals surface area contributed by atoms with Crippen LogP contribution in [0.5, 0.6) is 0 Å². The fraction of sp³-hybridized carbons (Fsp3) is 0.750. The van der Waals surface area contributed by atoms with Crippen molar-refractivity contribution < 1.29 is 0 Å². The summed E-state index contributed by atoms with van der Waals surface area (Å²) < 4.78 is 0. The predicted molar refractivity (Wildman–Crippen MR) is 53.7 cm³/mol. The van der Waals surface area contributed by atoms with Crippen molar-refractivity contribution in [3.05, 3.63) is 12.2 Å². The summed E-state index contributed by atoms with van der Waals surface area (Å²) in [5, 5.41) is 0. The minimum Gasteiger partial charge on any atom is -0.330 e. The highest BCUT2D eigenvalue weighted by molar-refractivity contribution is 7.99. The van der Waals surface area contributed by atoms with Gasteiger partial charge in [-0.15, -0.1) is 0 Å². The van der Waals surface area contributed by atoms with Gasteiger partial charge in [-0.2, -0.15) is 11.8 Å². The van der Waals surface area contributed by atoms with Crippen molar-refractivity contribution in [1.29, 1.82) is 0 Å². The van der Waals surface area contributed by atoms with E-state index in [1.165, 1.54) is 0 Å². The van der Waals surface area contributed by atoms with E-state index < -0.39 is 0 Å². The zero-order valence-corrected chi connectivity index (χ0v) is 7.94. The van der Waals surface area contributed by atoms with Crippen LogP contribution < -0.4 is 11.5 Å². The maximum absolute atomic E-state index is 5.46. The maximum atomic E-state index is 5.46. The van der Waals surface area contributed by atoms with Gasteiger partial charge in [-0.1, -0.05) is 19.1 Å². The van der Waals surface area contributed by atoms with Crippen LogP contribution in [0.2, 0.25) is 0 Å². The SMILES string of the molecule is CC(CN)CSCC=CCN. The van der Waals surface area contributed by atoms with Crippen LogP contribution in [0.1, 0.15) is 6.92 Å². The molecule has 0 aromatic rings. The second-order valence-electron chi connectivity index (χ2n) is 2.59. The summed E-state index contributed by atoms with van der Waals surface area (Å²) in [6.07, 6.45) is 4.09. The number of rotatable bonds is 6. The molecule has 0 spiro atoms. The van der Waals surface area contributed by atoms with E-state index in [-0.39, 0.29) is 0 Å². The van der Waals surface area contributed by atoms with Crippen LogP contribution in [-0.2, 0) is 0 Å². The van der Waals surface area contributed by atoms with Crippen LogP contribution in [-0.4, -0.2) is 24.6 Å². The fourth-order valence-electron chi connectivity index (χ4n) is 0.570. The quantitative estimate of drug-likeness (QED) is 0.463. The van der Waals surface area contributed by atoms with Crippen molar-refractivity contribution in [2.24, 2.45) is 17.4 Å². The molecule has 0 aliphatic carbocycles. The van der Waals surface area contributed by atoms with E-state index in [0.717, 1.165) is 18.1 Å². The first-order valence-electron chi connectivity index (χ1n) is 3.94. The summed E-state index contributed by atoms with van der Waals surface area (Å²) >= 11 is 1.90. The highest BCUT2D eigenvalue weighted by Gasteiger charge is 1.96. The van der Waals surface area contributed by atoms with E-state index in [2.05, 4.69) is 13.0 Å². The molecule has 0 heterocycles. The van der Waals surface area contributed by atoms with Crippen LogP contribution in [0.15, 0.2) is 12.2 Å². The molecule has 66 valence electrons. The van der Waals surface area contributed by atoms with Gasteiger partial charge in [-0.25, -0.2) is 0 Å². The molecule has 4 N–H and O–H groups in total. The van der Waals surface area contributed by atoms with Crippen molar-refractivity contribution in [2.45, 2.75) is 6.92 Å². The van der Waals surface area contributed by atoms with Gasteiger partial charge in [0, 0.05) is 12.3 Å². The number of hydrogen-bond acceptors (Lipinski definition) is 3. The summed E-state index contributed by atoms with van der Waals surface area (Å²) in [5.41, 5.74) is 10.7. The van der Waals surface area contributed by atoms with Gasteiger partial charge in [-0.3, -0.25) is 0 Å². The third-order valence-electron chi connectivity index (χ3n) is 1.32. The van der Waals surface area contributed by atoms with Crippen molar-refractivity contribution >= 4 is 11.8 Å².